The second-order valence-electron chi connectivity index (χ2n) is 6.62. The lowest BCUT2D eigenvalue weighted by Gasteiger charge is -2.16. The van der Waals surface area contributed by atoms with Crippen molar-refractivity contribution < 1.29 is 17.6 Å². The van der Waals surface area contributed by atoms with E-state index in [0.717, 1.165) is 5.56 Å². The Kier molecular flexibility index (Phi) is 3.29. The molecule has 1 aromatic heterocycles. The summed E-state index contributed by atoms with van der Waals surface area (Å²) in [6.07, 6.45) is 0. The van der Waals surface area contributed by atoms with E-state index < -0.39 is 21.2 Å². The van der Waals surface area contributed by atoms with E-state index in [1.807, 2.05) is 0 Å². The van der Waals surface area contributed by atoms with Gasteiger partial charge in [0.25, 0.3) is 10.0 Å². The first-order valence-corrected chi connectivity index (χ1v) is 9.27. The molecule has 0 spiro atoms. The van der Waals surface area contributed by atoms with Crippen molar-refractivity contribution in [3.63, 3.8) is 0 Å². The van der Waals surface area contributed by atoms with E-state index in [4.69, 9.17) is 4.42 Å². The second-order valence-corrected chi connectivity index (χ2v) is 8.30. The molecule has 1 aliphatic heterocycles. The summed E-state index contributed by atoms with van der Waals surface area (Å²) in [6.45, 7) is 3.54. The van der Waals surface area contributed by atoms with Crippen molar-refractivity contribution in [1.29, 1.82) is 0 Å². The van der Waals surface area contributed by atoms with E-state index in [1.165, 1.54) is 18.2 Å². The van der Waals surface area contributed by atoms with Gasteiger partial charge in [-0.05, 0) is 49.7 Å². The summed E-state index contributed by atoms with van der Waals surface area (Å²) in [5.41, 5.74) is 1.54. The molecule has 4 rings (SSSR count). The summed E-state index contributed by atoms with van der Waals surface area (Å²) in [7, 11) is -3.90. The van der Waals surface area contributed by atoms with Crippen molar-refractivity contribution in [2.24, 2.45) is 0 Å². The number of carbonyl (C=O) groups excluding carboxylic acids is 1. The number of hydrogen-bond donors (Lipinski definition) is 3. The molecule has 0 saturated heterocycles. The van der Waals surface area contributed by atoms with Crippen LogP contribution in [0.1, 0.15) is 19.4 Å². The molecule has 3 N–H and O–H groups in total. The van der Waals surface area contributed by atoms with Crippen molar-refractivity contribution in [2.45, 2.75) is 24.2 Å². The lowest BCUT2D eigenvalue weighted by atomic mass is 9.86. The van der Waals surface area contributed by atoms with Gasteiger partial charge in [0.2, 0.25) is 5.91 Å². The van der Waals surface area contributed by atoms with Crippen LogP contribution in [0.4, 0.5) is 11.4 Å². The molecule has 1 aliphatic rings. The van der Waals surface area contributed by atoms with Gasteiger partial charge in [-0.1, -0.05) is 0 Å². The Morgan fingerprint density at radius 1 is 1.08 bits per heavy atom. The molecule has 1 amide bonds. The number of nitrogens with one attached hydrogen (secondary N) is 3. The number of amides is 1. The van der Waals surface area contributed by atoms with E-state index in [0.29, 0.717) is 16.9 Å². The molecule has 0 atom stereocenters. The highest BCUT2D eigenvalue weighted by Crippen LogP contribution is 2.39. The van der Waals surface area contributed by atoms with Gasteiger partial charge >= 0.3 is 5.76 Å². The third-order valence-electron chi connectivity index (χ3n) is 4.46. The highest BCUT2D eigenvalue weighted by molar-refractivity contribution is 7.92. The average molecular weight is 373 g/mol. The molecule has 0 fully saturated rings. The van der Waals surface area contributed by atoms with Crippen LogP contribution in [0.3, 0.4) is 0 Å². The minimum atomic E-state index is -3.90. The quantitative estimate of drug-likeness (QED) is 0.649. The number of benzene rings is 2. The molecule has 134 valence electrons. The number of sulfonamides is 1. The van der Waals surface area contributed by atoms with Gasteiger partial charge in [-0.25, -0.2) is 13.2 Å². The summed E-state index contributed by atoms with van der Waals surface area (Å²) in [5.74, 6) is -0.791. The van der Waals surface area contributed by atoms with E-state index in [1.54, 1.807) is 32.0 Å². The van der Waals surface area contributed by atoms with Crippen molar-refractivity contribution in [3.05, 3.63) is 52.5 Å². The zero-order chi connectivity index (χ0) is 18.7. The molecular weight excluding hydrogens is 358 g/mol. The smallest absolute Gasteiger partial charge is 0.408 e. The van der Waals surface area contributed by atoms with Crippen molar-refractivity contribution in [1.82, 2.24) is 4.98 Å². The predicted molar refractivity (Wildman–Crippen MR) is 95.7 cm³/mol. The molecule has 0 bridgehead atoms. The maximum absolute atomic E-state index is 12.7. The number of aromatic amines is 1. The zero-order valence-corrected chi connectivity index (χ0v) is 14.7. The van der Waals surface area contributed by atoms with Crippen LogP contribution in [0.15, 0.2) is 50.5 Å². The van der Waals surface area contributed by atoms with E-state index in [2.05, 4.69) is 15.0 Å². The normalized spacial score (nSPS) is 15.7. The second kappa shape index (κ2) is 5.21. The van der Waals surface area contributed by atoms with Gasteiger partial charge < -0.3 is 9.73 Å². The number of hydrogen-bond acceptors (Lipinski definition) is 5. The number of aromatic nitrogens is 1. The van der Waals surface area contributed by atoms with Gasteiger partial charge in [0.15, 0.2) is 5.58 Å². The van der Waals surface area contributed by atoms with Crippen molar-refractivity contribution in [2.75, 3.05) is 10.0 Å². The number of fused-ring (bicyclic) bond motifs is 2. The Balaban J connectivity index is 1.71. The van der Waals surface area contributed by atoms with Crippen LogP contribution in [0.25, 0.3) is 11.1 Å². The minimum absolute atomic E-state index is 0.0401. The van der Waals surface area contributed by atoms with Crippen LogP contribution in [0, 0.1) is 0 Å². The largest absolute Gasteiger partial charge is 0.417 e. The molecule has 0 aliphatic carbocycles. The Morgan fingerprint density at radius 3 is 2.62 bits per heavy atom. The maximum Gasteiger partial charge on any atom is 0.417 e. The fourth-order valence-electron chi connectivity index (χ4n) is 2.94. The molecule has 0 unspecified atom stereocenters. The molecule has 2 aromatic carbocycles. The van der Waals surface area contributed by atoms with Crippen LogP contribution < -0.4 is 15.8 Å². The highest BCUT2D eigenvalue weighted by Gasteiger charge is 2.38. The summed E-state index contributed by atoms with van der Waals surface area (Å²) in [4.78, 5) is 25.6. The predicted octanol–water partition coefficient (Wildman–Crippen LogP) is 2.15. The zero-order valence-electron chi connectivity index (χ0n) is 13.9. The molecule has 0 saturated carbocycles. The lowest BCUT2D eigenvalue weighted by molar-refractivity contribution is -0.119. The molecule has 3 aromatic rings. The number of anilines is 2. The first-order chi connectivity index (χ1) is 12.2. The van der Waals surface area contributed by atoms with Crippen LogP contribution in [0.5, 0.6) is 0 Å². The van der Waals surface area contributed by atoms with Crippen molar-refractivity contribution in [3.8, 4) is 0 Å². The van der Waals surface area contributed by atoms with Gasteiger partial charge in [-0.3, -0.25) is 14.5 Å². The van der Waals surface area contributed by atoms with Gasteiger partial charge in [-0.15, -0.1) is 0 Å². The van der Waals surface area contributed by atoms with E-state index in [-0.39, 0.29) is 16.4 Å². The average Bonchev–Trinajstić information content (AvgIpc) is 3.04. The molecule has 8 nitrogen and oxygen atoms in total. The fourth-order valence-corrected chi connectivity index (χ4v) is 4.01. The number of oxazole rings is 1. The summed E-state index contributed by atoms with van der Waals surface area (Å²) >= 11 is 0. The Hall–Kier alpha value is -3.07. The Bertz CT molecular complexity index is 1220. The summed E-state index contributed by atoms with van der Waals surface area (Å²) in [6, 6.07) is 8.99. The molecule has 0 radical (unpaired) electrons. The van der Waals surface area contributed by atoms with Gasteiger partial charge in [0.1, 0.15) is 0 Å². The van der Waals surface area contributed by atoms with E-state index >= 15 is 0 Å². The Morgan fingerprint density at radius 2 is 1.85 bits per heavy atom. The van der Waals surface area contributed by atoms with Crippen LogP contribution in [-0.2, 0) is 20.2 Å². The topological polar surface area (TPSA) is 121 Å². The van der Waals surface area contributed by atoms with Gasteiger partial charge in [0.05, 0.1) is 15.8 Å². The van der Waals surface area contributed by atoms with Crippen molar-refractivity contribution >= 4 is 38.4 Å². The fraction of sp³-hybridized carbons (Fsp3) is 0.176. The van der Waals surface area contributed by atoms with E-state index in [9.17, 15) is 18.0 Å². The lowest BCUT2D eigenvalue weighted by Crippen LogP contribution is -2.26. The van der Waals surface area contributed by atoms with Gasteiger partial charge in [0, 0.05) is 17.4 Å². The summed E-state index contributed by atoms with van der Waals surface area (Å²) in [5, 5.41) is 2.77. The molecule has 2 heterocycles. The SMILES string of the molecule is CC1(C)C(=O)Nc2ccc(NS(=O)(=O)c3ccc4[nH]c(=O)oc4c3)cc21. The van der Waals surface area contributed by atoms with Crippen LogP contribution in [0.2, 0.25) is 0 Å². The van der Waals surface area contributed by atoms with Crippen LogP contribution >= 0.6 is 0 Å². The molecular formula is C17H15N3O5S. The first-order valence-electron chi connectivity index (χ1n) is 7.78. The highest BCUT2D eigenvalue weighted by atomic mass is 32.2. The third-order valence-corrected chi connectivity index (χ3v) is 5.84. The number of H-pyrrole nitrogens is 1. The summed E-state index contributed by atoms with van der Waals surface area (Å²) < 4.78 is 32.7. The molecule has 26 heavy (non-hydrogen) atoms. The third kappa shape index (κ3) is 2.48. The van der Waals surface area contributed by atoms with Crippen LogP contribution in [-0.4, -0.2) is 19.3 Å². The van der Waals surface area contributed by atoms with Gasteiger partial charge in [-0.2, -0.15) is 0 Å². The maximum atomic E-state index is 12.7. The standard InChI is InChI=1S/C17H15N3O5S/c1-17(2)11-7-9(3-5-12(11)18-15(17)21)20-26(23,24)10-4-6-13-14(8-10)25-16(22)19-13/h3-8,20H,1-2H3,(H,18,21)(H,19,22). The Labute approximate surface area is 148 Å². The number of carbonyl (C=O) groups is 1. The monoisotopic (exact) mass is 373 g/mol. The molecule has 9 heteroatoms. The first kappa shape index (κ1) is 16.4. The minimum Gasteiger partial charge on any atom is -0.408 e. The number of rotatable bonds is 3.